The van der Waals surface area contributed by atoms with Crippen molar-refractivity contribution in [2.24, 2.45) is 0 Å². The minimum absolute atomic E-state index is 0.291. The van der Waals surface area contributed by atoms with Crippen molar-refractivity contribution in [1.29, 1.82) is 0 Å². The van der Waals surface area contributed by atoms with Crippen molar-refractivity contribution < 1.29 is 8.81 Å². The van der Waals surface area contributed by atoms with Crippen LogP contribution in [0.15, 0.2) is 65.1 Å². The topological polar surface area (TPSA) is 13.1 Å². The van der Waals surface area contributed by atoms with Crippen molar-refractivity contribution in [3.05, 3.63) is 72.0 Å². The summed E-state index contributed by atoms with van der Waals surface area (Å²) in [5.74, 6) is 0.509. The van der Waals surface area contributed by atoms with E-state index in [1.54, 1.807) is 0 Å². The van der Waals surface area contributed by atoms with Crippen LogP contribution in [0.5, 0.6) is 0 Å². The molecular weight excluding hydrogens is 239 g/mol. The summed E-state index contributed by atoms with van der Waals surface area (Å²) in [5, 5.41) is 0. The molecule has 19 heavy (non-hydrogen) atoms. The van der Waals surface area contributed by atoms with Crippen LogP contribution >= 0.6 is 0 Å². The minimum atomic E-state index is -0.331. The molecule has 0 unspecified atom stereocenters. The Morgan fingerprint density at radius 2 is 1.53 bits per heavy atom. The lowest BCUT2D eigenvalue weighted by molar-refractivity contribution is 0.558. The average Bonchev–Trinajstić information content (AvgIpc) is 2.83. The molecule has 0 fully saturated rings. The van der Waals surface area contributed by atoms with Crippen LogP contribution in [0.4, 0.5) is 4.39 Å². The van der Waals surface area contributed by atoms with Gasteiger partial charge in [0.2, 0.25) is 0 Å². The maximum atomic E-state index is 14.0. The summed E-state index contributed by atoms with van der Waals surface area (Å²) >= 11 is 0. The Morgan fingerprint density at radius 3 is 2.21 bits per heavy atom. The number of benzene rings is 2. The normalized spacial score (nSPS) is 10.6. The smallest absolute Gasteiger partial charge is 0.170 e. The predicted octanol–water partition coefficient (Wildman–Crippen LogP) is 5.06. The van der Waals surface area contributed by atoms with Crippen molar-refractivity contribution in [3.63, 3.8) is 0 Å². The van der Waals surface area contributed by atoms with Crippen LogP contribution in [0.3, 0.4) is 0 Å². The third-order valence-corrected chi connectivity index (χ3v) is 3.06. The molecule has 0 saturated carbocycles. The largest absolute Gasteiger partial charge is 0.453 e. The molecule has 1 heterocycles. The highest BCUT2D eigenvalue weighted by atomic mass is 19.1. The molecule has 0 saturated heterocycles. The second-order valence-electron chi connectivity index (χ2n) is 4.52. The van der Waals surface area contributed by atoms with E-state index in [-0.39, 0.29) is 5.82 Å². The first kappa shape index (κ1) is 11.7. The molecule has 0 atom stereocenters. The highest BCUT2D eigenvalue weighted by molar-refractivity contribution is 5.65. The van der Waals surface area contributed by atoms with Crippen LogP contribution in [0, 0.1) is 12.7 Å². The molecule has 3 aromatic rings. The lowest BCUT2D eigenvalue weighted by Gasteiger charge is -1.99. The summed E-state index contributed by atoms with van der Waals surface area (Å²) < 4.78 is 19.6. The molecule has 1 aromatic heterocycles. The number of halogens is 1. The molecule has 0 spiro atoms. The van der Waals surface area contributed by atoms with Gasteiger partial charge < -0.3 is 4.42 Å². The third kappa shape index (κ3) is 2.29. The zero-order valence-corrected chi connectivity index (χ0v) is 10.6. The van der Waals surface area contributed by atoms with E-state index in [9.17, 15) is 4.39 Å². The number of hydrogen-bond donors (Lipinski definition) is 0. The van der Waals surface area contributed by atoms with Crippen molar-refractivity contribution >= 4 is 0 Å². The first-order chi connectivity index (χ1) is 9.24. The van der Waals surface area contributed by atoms with Crippen LogP contribution < -0.4 is 0 Å². The van der Waals surface area contributed by atoms with Gasteiger partial charge in [0, 0.05) is 17.2 Å². The van der Waals surface area contributed by atoms with Gasteiger partial charge in [-0.2, -0.15) is 0 Å². The zero-order chi connectivity index (χ0) is 13.2. The Balaban J connectivity index is 2.05. The van der Waals surface area contributed by atoms with Gasteiger partial charge in [-0.1, -0.05) is 60.2 Å². The summed E-state index contributed by atoms with van der Waals surface area (Å²) in [6.07, 6.45) is 0. The zero-order valence-electron chi connectivity index (χ0n) is 10.6. The summed E-state index contributed by atoms with van der Waals surface area (Å²) in [7, 11) is 0. The Bertz CT molecular complexity index is 681. The molecule has 0 aliphatic rings. The molecule has 0 aliphatic heterocycles. The molecular formula is C17H13FO. The molecule has 0 bridgehead atoms. The second kappa shape index (κ2) is 4.73. The SMILES string of the molecule is Cc1ccc(-c2oc(-c3ccccc3)cc2F)cc1. The lowest BCUT2D eigenvalue weighted by Crippen LogP contribution is -1.78. The standard InChI is InChI=1S/C17H13FO/c1-12-7-9-14(10-8-12)17-15(18)11-16(19-17)13-5-3-2-4-6-13/h2-11H,1H3. The number of furan rings is 1. The Morgan fingerprint density at radius 1 is 0.842 bits per heavy atom. The van der Waals surface area contributed by atoms with E-state index in [0.717, 1.165) is 16.7 Å². The van der Waals surface area contributed by atoms with E-state index in [1.807, 2.05) is 61.5 Å². The molecule has 3 rings (SSSR count). The molecule has 2 heteroatoms. The molecule has 0 amide bonds. The molecule has 0 N–H and O–H groups in total. The van der Waals surface area contributed by atoms with E-state index in [4.69, 9.17) is 4.42 Å². The summed E-state index contributed by atoms with van der Waals surface area (Å²) in [6, 6.07) is 18.6. The monoisotopic (exact) mass is 252 g/mol. The van der Waals surface area contributed by atoms with Gasteiger partial charge in [-0.3, -0.25) is 0 Å². The average molecular weight is 252 g/mol. The van der Waals surface area contributed by atoms with E-state index >= 15 is 0 Å². The van der Waals surface area contributed by atoms with Crippen molar-refractivity contribution in [1.82, 2.24) is 0 Å². The van der Waals surface area contributed by atoms with Crippen molar-refractivity contribution in [2.45, 2.75) is 6.92 Å². The minimum Gasteiger partial charge on any atom is -0.453 e. The van der Waals surface area contributed by atoms with Gasteiger partial charge in [-0.15, -0.1) is 0 Å². The molecule has 94 valence electrons. The van der Waals surface area contributed by atoms with Crippen LogP contribution in [0.25, 0.3) is 22.6 Å². The van der Waals surface area contributed by atoms with Crippen molar-refractivity contribution in [3.8, 4) is 22.6 Å². The van der Waals surface area contributed by atoms with Gasteiger partial charge in [0.1, 0.15) is 5.76 Å². The van der Waals surface area contributed by atoms with Gasteiger partial charge in [-0.25, -0.2) is 4.39 Å². The van der Waals surface area contributed by atoms with E-state index in [0.29, 0.717) is 11.5 Å². The summed E-state index contributed by atoms with van der Waals surface area (Å²) in [6.45, 7) is 2.00. The van der Waals surface area contributed by atoms with Crippen molar-refractivity contribution in [2.75, 3.05) is 0 Å². The van der Waals surface area contributed by atoms with E-state index in [1.165, 1.54) is 6.07 Å². The predicted molar refractivity (Wildman–Crippen MR) is 74.3 cm³/mol. The number of hydrogen-bond acceptors (Lipinski definition) is 1. The van der Waals surface area contributed by atoms with Gasteiger partial charge in [0.05, 0.1) is 0 Å². The Hall–Kier alpha value is -2.35. The summed E-state index contributed by atoms with van der Waals surface area (Å²) in [5.41, 5.74) is 2.77. The van der Waals surface area contributed by atoms with Crippen LogP contribution in [-0.2, 0) is 0 Å². The Labute approximate surface area is 111 Å². The number of rotatable bonds is 2. The Kier molecular flexibility index (Phi) is 2.92. The fourth-order valence-corrected chi connectivity index (χ4v) is 2.02. The van der Waals surface area contributed by atoms with Crippen LogP contribution in [0.2, 0.25) is 0 Å². The first-order valence-corrected chi connectivity index (χ1v) is 6.16. The van der Waals surface area contributed by atoms with Crippen LogP contribution in [-0.4, -0.2) is 0 Å². The molecule has 1 nitrogen and oxygen atoms in total. The molecule has 0 radical (unpaired) electrons. The first-order valence-electron chi connectivity index (χ1n) is 6.16. The second-order valence-corrected chi connectivity index (χ2v) is 4.52. The van der Waals surface area contributed by atoms with Gasteiger partial charge in [0.15, 0.2) is 11.6 Å². The van der Waals surface area contributed by atoms with E-state index in [2.05, 4.69) is 0 Å². The highest BCUT2D eigenvalue weighted by Crippen LogP contribution is 2.31. The van der Waals surface area contributed by atoms with Gasteiger partial charge in [0.25, 0.3) is 0 Å². The number of aryl methyl sites for hydroxylation is 1. The van der Waals surface area contributed by atoms with Gasteiger partial charge in [-0.05, 0) is 6.92 Å². The quantitative estimate of drug-likeness (QED) is 0.621. The summed E-state index contributed by atoms with van der Waals surface area (Å²) in [4.78, 5) is 0. The van der Waals surface area contributed by atoms with Crippen LogP contribution in [0.1, 0.15) is 5.56 Å². The maximum absolute atomic E-state index is 14.0. The maximum Gasteiger partial charge on any atom is 0.170 e. The molecule has 0 aliphatic carbocycles. The fourth-order valence-electron chi connectivity index (χ4n) is 2.02. The van der Waals surface area contributed by atoms with Gasteiger partial charge >= 0.3 is 0 Å². The fraction of sp³-hybridized carbons (Fsp3) is 0.0588. The van der Waals surface area contributed by atoms with E-state index < -0.39 is 0 Å². The molecule has 2 aromatic carbocycles. The third-order valence-electron chi connectivity index (χ3n) is 3.06. The lowest BCUT2D eigenvalue weighted by atomic mass is 10.1. The highest BCUT2D eigenvalue weighted by Gasteiger charge is 2.13.